The lowest BCUT2D eigenvalue weighted by molar-refractivity contribution is 0.0926. The minimum atomic E-state index is -0.0750. The van der Waals surface area contributed by atoms with Gasteiger partial charge in [0.05, 0.1) is 12.1 Å². The topological polar surface area (TPSA) is 56.2 Å². The number of hydrogen-bond acceptors (Lipinski definition) is 3. The van der Waals surface area contributed by atoms with Crippen LogP contribution in [0.15, 0.2) is 48.5 Å². The maximum atomic E-state index is 12.0. The fourth-order valence-electron chi connectivity index (χ4n) is 2.70. The number of fused-ring (bicyclic) bond motifs is 3. The summed E-state index contributed by atoms with van der Waals surface area (Å²) in [5.41, 5.74) is 2.54. The van der Waals surface area contributed by atoms with Gasteiger partial charge in [0.25, 0.3) is 5.91 Å². The van der Waals surface area contributed by atoms with E-state index in [-0.39, 0.29) is 5.91 Å². The van der Waals surface area contributed by atoms with E-state index in [2.05, 4.69) is 10.4 Å². The summed E-state index contributed by atoms with van der Waals surface area (Å²) in [6, 6.07) is 15.7. The van der Waals surface area contributed by atoms with E-state index in [1.54, 1.807) is 4.68 Å². The number of ether oxygens (including phenoxy) is 1. The summed E-state index contributed by atoms with van der Waals surface area (Å²) in [4.78, 5) is 12.0. The highest BCUT2D eigenvalue weighted by Crippen LogP contribution is 2.25. The van der Waals surface area contributed by atoms with Gasteiger partial charge in [-0.15, -0.1) is 0 Å². The van der Waals surface area contributed by atoms with Crippen molar-refractivity contribution in [2.24, 2.45) is 0 Å². The number of benzene rings is 2. The van der Waals surface area contributed by atoms with Gasteiger partial charge in [0, 0.05) is 11.9 Å². The monoisotopic (exact) mass is 293 g/mol. The molecule has 1 amide bonds. The molecule has 1 aliphatic rings. The average molecular weight is 293 g/mol. The normalized spacial score (nSPS) is 13.7. The Labute approximate surface area is 127 Å². The zero-order valence-electron chi connectivity index (χ0n) is 12.0. The van der Waals surface area contributed by atoms with Gasteiger partial charge in [0.1, 0.15) is 18.1 Å². The third-order valence-corrected chi connectivity index (χ3v) is 3.78. The van der Waals surface area contributed by atoms with Crippen LogP contribution in [0.3, 0.4) is 0 Å². The number of rotatable bonds is 3. The van der Waals surface area contributed by atoms with E-state index < -0.39 is 0 Å². The summed E-state index contributed by atoms with van der Waals surface area (Å²) in [5.74, 6) is 0.666. The van der Waals surface area contributed by atoms with Crippen LogP contribution in [0.1, 0.15) is 16.1 Å². The minimum absolute atomic E-state index is 0.0750. The number of hydrogen-bond donors (Lipinski definition) is 1. The molecule has 2 heterocycles. The van der Waals surface area contributed by atoms with Gasteiger partial charge in [-0.1, -0.05) is 30.3 Å². The second-order valence-electron chi connectivity index (χ2n) is 5.28. The Morgan fingerprint density at radius 2 is 2.05 bits per heavy atom. The lowest BCUT2D eigenvalue weighted by Gasteiger charge is -2.14. The van der Waals surface area contributed by atoms with Crippen LogP contribution < -0.4 is 10.1 Å². The second-order valence-corrected chi connectivity index (χ2v) is 5.28. The first-order chi connectivity index (χ1) is 10.8. The van der Waals surface area contributed by atoms with Crippen LogP contribution in [0.4, 0.5) is 0 Å². The molecule has 0 saturated heterocycles. The average Bonchev–Trinajstić information content (AvgIpc) is 2.93. The van der Waals surface area contributed by atoms with E-state index in [1.807, 2.05) is 48.5 Å². The molecule has 110 valence electrons. The number of nitrogens with zero attached hydrogens (tertiary/aromatic N) is 2. The van der Waals surface area contributed by atoms with Crippen LogP contribution in [0.5, 0.6) is 5.75 Å². The van der Waals surface area contributed by atoms with Crippen molar-refractivity contribution in [2.75, 3.05) is 6.54 Å². The van der Waals surface area contributed by atoms with Crippen LogP contribution >= 0.6 is 0 Å². The van der Waals surface area contributed by atoms with Crippen molar-refractivity contribution in [2.45, 2.75) is 13.2 Å². The molecule has 0 atom stereocenters. The maximum Gasteiger partial charge on any atom is 0.270 e. The van der Waals surface area contributed by atoms with Gasteiger partial charge in [0.2, 0.25) is 0 Å². The Balaban J connectivity index is 1.65. The van der Waals surface area contributed by atoms with E-state index in [1.165, 1.54) is 0 Å². The molecule has 1 N–H and O–H groups in total. The van der Waals surface area contributed by atoms with E-state index in [0.29, 0.717) is 25.4 Å². The third kappa shape index (κ3) is 2.20. The summed E-state index contributed by atoms with van der Waals surface area (Å²) in [7, 11) is 0. The SMILES string of the molecule is O=C1NCCn2nc3ccc(OCc4ccccc4)cc3c21. The summed E-state index contributed by atoms with van der Waals surface area (Å²) in [5, 5.41) is 8.15. The van der Waals surface area contributed by atoms with Crippen molar-refractivity contribution in [3.05, 3.63) is 59.8 Å². The van der Waals surface area contributed by atoms with Crippen molar-refractivity contribution < 1.29 is 9.53 Å². The van der Waals surface area contributed by atoms with Crippen molar-refractivity contribution in [3.63, 3.8) is 0 Å². The van der Waals surface area contributed by atoms with E-state index in [9.17, 15) is 4.79 Å². The van der Waals surface area contributed by atoms with Gasteiger partial charge < -0.3 is 10.1 Å². The molecular weight excluding hydrogens is 278 g/mol. The summed E-state index contributed by atoms with van der Waals surface area (Å²) < 4.78 is 7.60. The molecule has 0 unspecified atom stereocenters. The van der Waals surface area contributed by atoms with Gasteiger partial charge in [-0.2, -0.15) is 5.10 Å². The Bertz CT molecular complexity index is 840. The standard InChI is InChI=1S/C17H15N3O2/c21-17-16-14-10-13(22-11-12-4-2-1-3-5-12)6-7-15(14)19-20(16)9-8-18-17/h1-7,10H,8-9,11H2,(H,18,21). The molecule has 1 aliphatic heterocycles. The fourth-order valence-corrected chi connectivity index (χ4v) is 2.70. The molecule has 5 nitrogen and oxygen atoms in total. The Hall–Kier alpha value is -2.82. The van der Waals surface area contributed by atoms with E-state index >= 15 is 0 Å². The van der Waals surface area contributed by atoms with Crippen molar-refractivity contribution in [3.8, 4) is 5.75 Å². The molecule has 0 aliphatic carbocycles. The maximum absolute atomic E-state index is 12.0. The van der Waals surface area contributed by atoms with Crippen LogP contribution in [0.25, 0.3) is 10.9 Å². The third-order valence-electron chi connectivity index (χ3n) is 3.78. The molecule has 0 fully saturated rings. The smallest absolute Gasteiger partial charge is 0.270 e. The summed E-state index contributed by atoms with van der Waals surface area (Å²) in [6.45, 7) is 1.83. The Morgan fingerprint density at radius 3 is 2.91 bits per heavy atom. The van der Waals surface area contributed by atoms with Gasteiger partial charge >= 0.3 is 0 Å². The van der Waals surface area contributed by atoms with Gasteiger partial charge in [-0.25, -0.2) is 0 Å². The number of amides is 1. The summed E-state index contributed by atoms with van der Waals surface area (Å²) >= 11 is 0. The number of nitrogens with one attached hydrogen (secondary N) is 1. The van der Waals surface area contributed by atoms with E-state index in [0.717, 1.165) is 22.2 Å². The molecule has 1 aromatic heterocycles. The fraction of sp³-hybridized carbons (Fsp3) is 0.176. The number of carbonyl (C=O) groups is 1. The molecule has 3 aromatic rings. The predicted molar refractivity (Wildman–Crippen MR) is 82.8 cm³/mol. The minimum Gasteiger partial charge on any atom is -0.489 e. The molecule has 0 spiro atoms. The lowest BCUT2D eigenvalue weighted by Crippen LogP contribution is -2.35. The van der Waals surface area contributed by atoms with Gasteiger partial charge in [-0.3, -0.25) is 9.48 Å². The predicted octanol–water partition coefficient (Wildman–Crippen LogP) is 2.36. The zero-order valence-corrected chi connectivity index (χ0v) is 12.0. The van der Waals surface area contributed by atoms with Crippen LogP contribution in [0, 0.1) is 0 Å². The van der Waals surface area contributed by atoms with Crippen molar-refractivity contribution >= 4 is 16.8 Å². The van der Waals surface area contributed by atoms with Crippen LogP contribution in [-0.4, -0.2) is 22.2 Å². The zero-order chi connectivity index (χ0) is 14.9. The van der Waals surface area contributed by atoms with Crippen molar-refractivity contribution in [1.82, 2.24) is 15.1 Å². The molecular formula is C17H15N3O2. The van der Waals surface area contributed by atoms with Crippen LogP contribution in [0.2, 0.25) is 0 Å². The lowest BCUT2D eigenvalue weighted by atomic mass is 10.1. The number of aromatic nitrogens is 2. The highest BCUT2D eigenvalue weighted by molar-refractivity contribution is 6.05. The quantitative estimate of drug-likeness (QED) is 0.806. The first-order valence-electron chi connectivity index (χ1n) is 7.27. The molecule has 0 saturated carbocycles. The Morgan fingerprint density at radius 1 is 1.18 bits per heavy atom. The van der Waals surface area contributed by atoms with Crippen LogP contribution in [-0.2, 0) is 13.2 Å². The molecule has 2 aromatic carbocycles. The first-order valence-corrected chi connectivity index (χ1v) is 7.27. The first kappa shape index (κ1) is 12.9. The van der Waals surface area contributed by atoms with Gasteiger partial charge in [0.15, 0.2) is 0 Å². The molecule has 0 bridgehead atoms. The van der Waals surface area contributed by atoms with Gasteiger partial charge in [-0.05, 0) is 23.8 Å². The highest BCUT2D eigenvalue weighted by Gasteiger charge is 2.22. The van der Waals surface area contributed by atoms with Crippen molar-refractivity contribution in [1.29, 1.82) is 0 Å². The second kappa shape index (κ2) is 5.18. The summed E-state index contributed by atoms with van der Waals surface area (Å²) in [6.07, 6.45) is 0. The largest absolute Gasteiger partial charge is 0.489 e. The highest BCUT2D eigenvalue weighted by atomic mass is 16.5. The molecule has 4 rings (SSSR count). The molecule has 5 heteroatoms. The Kier molecular flexibility index (Phi) is 3.04. The molecule has 22 heavy (non-hydrogen) atoms. The van der Waals surface area contributed by atoms with E-state index in [4.69, 9.17) is 4.74 Å². The molecule has 0 radical (unpaired) electrons. The number of carbonyl (C=O) groups excluding carboxylic acids is 1.